The summed E-state index contributed by atoms with van der Waals surface area (Å²) in [6.07, 6.45) is 1.10. The van der Waals surface area contributed by atoms with E-state index in [4.69, 9.17) is 18.6 Å². The van der Waals surface area contributed by atoms with E-state index in [0.29, 0.717) is 24.8 Å². The van der Waals surface area contributed by atoms with Crippen LogP contribution in [0.15, 0.2) is 23.0 Å². The summed E-state index contributed by atoms with van der Waals surface area (Å²) in [4.78, 5) is 39.7. The molecule has 0 amide bonds. The number of ether oxygens (including phenoxy) is 3. The maximum absolute atomic E-state index is 14.1. The van der Waals surface area contributed by atoms with Crippen molar-refractivity contribution in [1.29, 1.82) is 0 Å². The fourth-order valence-electron chi connectivity index (χ4n) is 9.58. The van der Waals surface area contributed by atoms with Crippen LogP contribution in [0.1, 0.15) is 65.0 Å². The molecule has 6 rings (SSSR count). The maximum atomic E-state index is 14.1. The first-order valence-electron chi connectivity index (χ1n) is 12.7. The SMILES string of the molecule is COC(=O)C(O)[C@H]1C(C)(C)[C@@H]2O[C@@]34C[C@@H]2C(=O)[C@]1(C)[C@H]3CC[C@@]1(C)[C@H](c2ccoc2)OC(=O)C[C@]14O. The smallest absolute Gasteiger partial charge is 0.335 e. The molecule has 3 bridgehead atoms. The van der Waals surface area contributed by atoms with Gasteiger partial charge in [-0.05, 0) is 30.7 Å². The topological polar surface area (TPSA) is 132 Å². The minimum atomic E-state index is -1.64. The summed E-state index contributed by atoms with van der Waals surface area (Å²) in [6.45, 7) is 7.56. The Morgan fingerprint density at radius 1 is 1.22 bits per heavy atom. The highest BCUT2D eigenvalue weighted by molar-refractivity contribution is 5.93. The normalized spacial score (nSPS) is 49.1. The van der Waals surface area contributed by atoms with Crippen molar-refractivity contribution in [1.82, 2.24) is 0 Å². The lowest BCUT2D eigenvalue weighted by atomic mass is 9.36. The number of esters is 2. The third-order valence-corrected chi connectivity index (χ3v) is 11.0. The Hall–Kier alpha value is -2.23. The van der Waals surface area contributed by atoms with Crippen molar-refractivity contribution in [2.45, 2.75) is 82.9 Å². The van der Waals surface area contributed by atoms with Gasteiger partial charge in [0.1, 0.15) is 23.1 Å². The molecule has 36 heavy (non-hydrogen) atoms. The molecule has 5 fully saturated rings. The Bertz CT molecular complexity index is 1140. The molecule has 2 aliphatic heterocycles. The molecule has 1 unspecified atom stereocenters. The number of carbonyl (C=O) groups excluding carboxylic acids is 3. The van der Waals surface area contributed by atoms with Gasteiger partial charge < -0.3 is 28.8 Å². The Morgan fingerprint density at radius 2 is 1.94 bits per heavy atom. The zero-order valence-corrected chi connectivity index (χ0v) is 21.3. The van der Waals surface area contributed by atoms with Gasteiger partial charge in [0, 0.05) is 34.1 Å². The number of methoxy groups -OCH3 is 1. The molecule has 10 atom stereocenters. The summed E-state index contributed by atoms with van der Waals surface area (Å²) in [5.74, 6) is -3.19. The molecule has 196 valence electrons. The molecule has 1 spiro atoms. The summed E-state index contributed by atoms with van der Waals surface area (Å²) < 4.78 is 22.9. The second kappa shape index (κ2) is 6.99. The molecule has 0 radical (unpaired) electrons. The van der Waals surface area contributed by atoms with Crippen molar-refractivity contribution < 1.29 is 43.2 Å². The summed E-state index contributed by atoms with van der Waals surface area (Å²) in [5.41, 5.74) is -5.07. The van der Waals surface area contributed by atoms with Crippen LogP contribution in [-0.2, 0) is 28.6 Å². The molecule has 1 aromatic rings. The van der Waals surface area contributed by atoms with Crippen LogP contribution in [0.3, 0.4) is 0 Å². The van der Waals surface area contributed by atoms with E-state index in [1.54, 1.807) is 6.07 Å². The Balaban J connectivity index is 1.56. The largest absolute Gasteiger partial charge is 0.472 e. The minimum absolute atomic E-state index is 0.0464. The lowest BCUT2D eigenvalue weighted by Crippen LogP contribution is -2.77. The van der Waals surface area contributed by atoms with Crippen LogP contribution in [-0.4, -0.2) is 58.5 Å². The fourth-order valence-corrected chi connectivity index (χ4v) is 9.58. The van der Waals surface area contributed by atoms with Gasteiger partial charge in [0.2, 0.25) is 0 Å². The first-order chi connectivity index (χ1) is 16.8. The zero-order valence-electron chi connectivity index (χ0n) is 21.3. The van der Waals surface area contributed by atoms with Crippen molar-refractivity contribution in [3.8, 4) is 0 Å². The van der Waals surface area contributed by atoms with Crippen LogP contribution in [0.5, 0.6) is 0 Å². The van der Waals surface area contributed by atoms with Gasteiger partial charge in [-0.3, -0.25) is 9.59 Å². The van der Waals surface area contributed by atoms with Gasteiger partial charge in [-0.15, -0.1) is 0 Å². The third-order valence-electron chi connectivity index (χ3n) is 11.0. The van der Waals surface area contributed by atoms with Crippen molar-refractivity contribution in [2.24, 2.45) is 34.0 Å². The van der Waals surface area contributed by atoms with Gasteiger partial charge >= 0.3 is 11.9 Å². The number of rotatable bonds is 3. The summed E-state index contributed by atoms with van der Waals surface area (Å²) in [7, 11) is 1.21. The number of aliphatic hydroxyl groups excluding tert-OH is 1. The molecule has 3 heterocycles. The summed E-state index contributed by atoms with van der Waals surface area (Å²) in [6, 6.07) is 1.73. The standard InChI is InChI=1S/C27H34O9/c1-23(2)18(17(29)22(31)33-5)25(4)15-6-8-24(3)20(13-7-9-34-12-13)35-16(28)11-27(24,32)26(15)10-14(19(25)30)21(23)36-26/h7,9,12,14-15,17-18,20-21,29,32H,6,8,10-11H2,1-5H3/t14-,15-,17?,18+,20+,21-,24+,25-,26+,27+/m1/s1. The highest BCUT2D eigenvalue weighted by Crippen LogP contribution is 2.77. The lowest BCUT2D eigenvalue weighted by Gasteiger charge is -2.68. The second-order valence-corrected chi connectivity index (χ2v) is 12.6. The molecule has 9 nitrogen and oxygen atoms in total. The van der Waals surface area contributed by atoms with Crippen LogP contribution >= 0.6 is 0 Å². The average molecular weight is 503 g/mol. The number of Topliss-reactive ketones (excluding diaryl/α,β-unsaturated/α-hetero) is 1. The third kappa shape index (κ3) is 2.41. The summed E-state index contributed by atoms with van der Waals surface area (Å²) in [5, 5.41) is 24.0. The number of hydrogen-bond acceptors (Lipinski definition) is 9. The predicted molar refractivity (Wildman–Crippen MR) is 122 cm³/mol. The highest BCUT2D eigenvalue weighted by atomic mass is 16.6. The molecule has 1 aromatic heterocycles. The number of furan rings is 1. The molecule has 5 aliphatic rings. The summed E-state index contributed by atoms with van der Waals surface area (Å²) >= 11 is 0. The van der Waals surface area contributed by atoms with Gasteiger partial charge in [0.25, 0.3) is 0 Å². The van der Waals surface area contributed by atoms with Crippen LogP contribution < -0.4 is 0 Å². The number of cyclic esters (lactones) is 1. The quantitative estimate of drug-likeness (QED) is 0.598. The molecule has 3 saturated carbocycles. The number of aliphatic hydroxyl groups is 2. The molecule has 3 aliphatic carbocycles. The van der Waals surface area contributed by atoms with Crippen molar-refractivity contribution in [3.63, 3.8) is 0 Å². The number of fused-ring (bicyclic) bond motifs is 3. The van der Waals surface area contributed by atoms with E-state index in [0.717, 1.165) is 0 Å². The minimum Gasteiger partial charge on any atom is -0.472 e. The molecule has 9 heteroatoms. The Labute approximate surface area is 209 Å². The molecule has 0 aromatic carbocycles. The fraction of sp³-hybridized carbons (Fsp3) is 0.741. The number of hydrogen-bond donors (Lipinski definition) is 2. The van der Waals surface area contributed by atoms with Crippen molar-refractivity contribution in [3.05, 3.63) is 24.2 Å². The van der Waals surface area contributed by atoms with Gasteiger partial charge in [0.05, 0.1) is 32.2 Å². The Morgan fingerprint density at radius 3 is 2.58 bits per heavy atom. The van der Waals surface area contributed by atoms with E-state index in [9.17, 15) is 24.6 Å². The van der Waals surface area contributed by atoms with E-state index in [-0.39, 0.29) is 12.2 Å². The van der Waals surface area contributed by atoms with E-state index in [2.05, 4.69) is 0 Å². The predicted octanol–water partition coefficient (Wildman–Crippen LogP) is 2.34. The monoisotopic (exact) mass is 502 g/mol. The molecule has 2 N–H and O–H groups in total. The van der Waals surface area contributed by atoms with Crippen molar-refractivity contribution >= 4 is 17.7 Å². The molecular formula is C27H34O9. The average Bonchev–Trinajstić information content (AvgIpc) is 3.46. The van der Waals surface area contributed by atoms with Crippen LogP contribution in [0, 0.1) is 34.0 Å². The van der Waals surface area contributed by atoms with E-state index in [1.165, 1.54) is 19.6 Å². The molecule has 2 saturated heterocycles. The zero-order chi connectivity index (χ0) is 26.1. The highest BCUT2D eigenvalue weighted by Gasteiger charge is 2.85. The van der Waals surface area contributed by atoms with E-state index < -0.39 is 75.5 Å². The van der Waals surface area contributed by atoms with E-state index in [1.807, 2.05) is 27.7 Å². The van der Waals surface area contributed by atoms with Crippen LogP contribution in [0.2, 0.25) is 0 Å². The van der Waals surface area contributed by atoms with Crippen LogP contribution in [0.4, 0.5) is 0 Å². The Kier molecular flexibility index (Phi) is 4.69. The van der Waals surface area contributed by atoms with Crippen molar-refractivity contribution in [2.75, 3.05) is 7.11 Å². The first-order valence-corrected chi connectivity index (χ1v) is 12.7. The van der Waals surface area contributed by atoms with Gasteiger partial charge in [-0.2, -0.15) is 0 Å². The molecular weight excluding hydrogens is 468 g/mol. The van der Waals surface area contributed by atoms with Crippen LogP contribution in [0.25, 0.3) is 0 Å². The lowest BCUT2D eigenvalue weighted by molar-refractivity contribution is -0.317. The van der Waals surface area contributed by atoms with E-state index >= 15 is 0 Å². The number of carbonyl (C=O) groups is 3. The van der Waals surface area contributed by atoms with Gasteiger partial charge in [-0.25, -0.2) is 4.79 Å². The van der Waals surface area contributed by atoms with Gasteiger partial charge in [0.15, 0.2) is 6.10 Å². The number of ketones is 1. The second-order valence-electron chi connectivity index (χ2n) is 12.6. The first kappa shape index (κ1) is 24.1. The van der Waals surface area contributed by atoms with Gasteiger partial charge in [-0.1, -0.05) is 27.7 Å². The maximum Gasteiger partial charge on any atom is 0.335 e.